The van der Waals surface area contributed by atoms with Crippen molar-refractivity contribution in [3.05, 3.63) is 16.3 Å². The Labute approximate surface area is 128 Å². The molecule has 0 saturated heterocycles. The van der Waals surface area contributed by atoms with Crippen LogP contribution >= 0.6 is 0 Å². The van der Waals surface area contributed by atoms with E-state index in [0.717, 1.165) is 0 Å². The van der Waals surface area contributed by atoms with Crippen molar-refractivity contribution >= 4 is 11.8 Å². The van der Waals surface area contributed by atoms with Crippen LogP contribution in [0.4, 0.5) is 5.82 Å². The summed E-state index contributed by atoms with van der Waals surface area (Å²) in [6.45, 7) is 7.46. The van der Waals surface area contributed by atoms with Crippen LogP contribution in [0, 0.1) is 10.1 Å². The van der Waals surface area contributed by atoms with E-state index in [9.17, 15) is 14.9 Å². The summed E-state index contributed by atoms with van der Waals surface area (Å²) in [5, 5.41) is 10.7. The number of nitro groups is 1. The number of esters is 1. The van der Waals surface area contributed by atoms with Crippen molar-refractivity contribution in [2.45, 2.75) is 32.9 Å². The fraction of sp³-hybridized carbons (Fsp3) is 0.692. The molecule has 0 amide bonds. The van der Waals surface area contributed by atoms with Gasteiger partial charge in [-0.1, -0.05) is 0 Å². The molecule has 0 spiro atoms. The zero-order valence-electron chi connectivity index (χ0n) is 12.9. The zero-order chi connectivity index (χ0) is 16.3. The third-order valence-electron chi connectivity index (χ3n) is 2.98. The van der Waals surface area contributed by atoms with Crippen LogP contribution in [0.25, 0.3) is 0 Å². The molecule has 2 heterocycles. The molecule has 0 atom stereocenters. The molecular weight excluding hydrogens is 292 g/mol. The second-order valence-electron chi connectivity index (χ2n) is 6.04. The van der Waals surface area contributed by atoms with Crippen LogP contribution in [-0.4, -0.2) is 57.2 Å². The normalized spacial score (nSPS) is 16.1. The number of imidazole rings is 1. The van der Waals surface area contributed by atoms with Crippen molar-refractivity contribution in [2.24, 2.45) is 0 Å². The fourth-order valence-electron chi connectivity index (χ4n) is 2.09. The van der Waals surface area contributed by atoms with Crippen LogP contribution in [0.2, 0.25) is 0 Å². The summed E-state index contributed by atoms with van der Waals surface area (Å²) in [4.78, 5) is 27.7. The summed E-state index contributed by atoms with van der Waals surface area (Å²) in [7, 11) is 0. The quantitative estimate of drug-likeness (QED) is 0.463. The lowest BCUT2D eigenvalue weighted by molar-refractivity contribution is -0.389. The highest BCUT2D eigenvalue weighted by Crippen LogP contribution is 2.18. The van der Waals surface area contributed by atoms with Crippen LogP contribution < -0.4 is 4.74 Å². The van der Waals surface area contributed by atoms with Crippen LogP contribution in [0.3, 0.4) is 0 Å². The highest BCUT2D eigenvalue weighted by molar-refractivity contribution is 5.72. The molecule has 0 bridgehead atoms. The molecule has 1 aromatic heterocycles. The molecule has 1 aromatic rings. The monoisotopic (exact) mass is 312 g/mol. The van der Waals surface area contributed by atoms with Gasteiger partial charge in [0.2, 0.25) is 0 Å². The van der Waals surface area contributed by atoms with Crippen molar-refractivity contribution in [1.29, 1.82) is 0 Å². The van der Waals surface area contributed by atoms with E-state index in [2.05, 4.69) is 4.98 Å². The highest BCUT2D eigenvalue weighted by atomic mass is 16.6. The van der Waals surface area contributed by atoms with Gasteiger partial charge in [-0.15, -0.1) is 0 Å². The van der Waals surface area contributed by atoms with Crippen LogP contribution in [0.1, 0.15) is 20.8 Å². The summed E-state index contributed by atoms with van der Waals surface area (Å²) < 4.78 is 12.3. The number of hydrogen-bond donors (Lipinski definition) is 0. The van der Waals surface area contributed by atoms with E-state index in [1.54, 1.807) is 4.57 Å². The molecular formula is C13H20N4O5. The van der Waals surface area contributed by atoms with Gasteiger partial charge in [-0.25, -0.2) is 0 Å². The molecule has 1 aliphatic rings. The predicted octanol–water partition coefficient (Wildman–Crippen LogP) is 0.827. The number of aromatic nitrogens is 2. The Hall–Kier alpha value is -2.16. The van der Waals surface area contributed by atoms with Crippen molar-refractivity contribution in [1.82, 2.24) is 14.5 Å². The van der Waals surface area contributed by atoms with Gasteiger partial charge in [0.1, 0.15) is 18.4 Å². The van der Waals surface area contributed by atoms with E-state index in [4.69, 9.17) is 9.47 Å². The molecule has 122 valence electrons. The first kappa shape index (κ1) is 16.2. The molecule has 0 saturated carbocycles. The average Bonchev–Trinajstić information content (AvgIpc) is 2.73. The minimum Gasteiger partial charge on any atom is -0.459 e. The molecule has 0 N–H and O–H groups in total. The van der Waals surface area contributed by atoms with Gasteiger partial charge in [0.25, 0.3) is 0 Å². The van der Waals surface area contributed by atoms with Crippen molar-refractivity contribution in [3.8, 4) is 6.01 Å². The van der Waals surface area contributed by atoms with Gasteiger partial charge in [0.05, 0.1) is 6.54 Å². The number of carbonyl (C=O) groups is 1. The molecule has 9 heteroatoms. The van der Waals surface area contributed by atoms with Gasteiger partial charge >= 0.3 is 17.8 Å². The number of ether oxygens (including phenoxy) is 2. The topological polar surface area (TPSA) is 99.7 Å². The molecule has 2 rings (SSSR count). The highest BCUT2D eigenvalue weighted by Gasteiger charge is 2.24. The van der Waals surface area contributed by atoms with Gasteiger partial charge in [0, 0.05) is 24.6 Å². The molecule has 0 unspecified atom stereocenters. The van der Waals surface area contributed by atoms with E-state index in [1.165, 1.54) is 6.20 Å². The lowest BCUT2D eigenvalue weighted by atomic mass is 10.2. The minimum atomic E-state index is -0.556. The Morgan fingerprint density at radius 1 is 1.45 bits per heavy atom. The van der Waals surface area contributed by atoms with Gasteiger partial charge in [-0.3, -0.25) is 14.3 Å². The Kier molecular flexibility index (Phi) is 4.65. The molecule has 22 heavy (non-hydrogen) atoms. The first-order valence-electron chi connectivity index (χ1n) is 7.03. The Balaban J connectivity index is 1.96. The first-order valence-corrected chi connectivity index (χ1v) is 7.03. The number of hydrogen-bond acceptors (Lipinski definition) is 7. The molecule has 1 aliphatic heterocycles. The SMILES string of the molecule is CC(C)(C)OC(=O)CN1CCOc2nc([N+](=O)[O-])cn2CC1. The summed E-state index contributed by atoms with van der Waals surface area (Å²) in [5.41, 5.74) is -0.519. The lowest BCUT2D eigenvalue weighted by Gasteiger charge is -2.26. The van der Waals surface area contributed by atoms with Crippen LogP contribution in [-0.2, 0) is 16.1 Å². The third kappa shape index (κ3) is 4.42. The number of rotatable bonds is 3. The molecule has 0 fully saturated rings. The smallest absolute Gasteiger partial charge is 0.414 e. The maximum atomic E-state index is 11.9. The van der Waals surface area contributed by atoms with Crippen molar-refractivity contribution in [2.75, 3.05) is 26.2 Å². The standard InChI is InChI=1S/C13H20N4O5/c1-13(2,3)22-11(18)9-15-4-5-16-8-10(17(19)20)14-12(16)21-7-6-15/h8H,4-7,9H2,1-3H3. The summed E-state index contributed by atoms with van der Waals surface area (Å²) in [5.74, 6) is -0.541. The maximum Gasteiger partial charge on any atom is 0.414 e. The average molecular weight is 312 g/mol. The largest absolute Gasteiger partial charge is 0.459 e. The Morgan fingerprint density at radius 3 is 2.82 bits per heavy atom. The molecule has 0 radical (unpaired) electrons. The minimum absolute atomic E-state index is 0.159. The Bertz CT molecular complexity index is 563. The first-order chi connectivity index (χ1) is 10.2. The van der Waals surface area contributed by atoms with Crippen LogP contribution in [0.5, 0.6) is 6.01 Å². The summed E-state index contributed by atoms with van der Waals surface area (Å²) in [6.07, 6.45) is 1.34. The number of nitrogens with zero attached hydrogens (tertiary/aromatic N) is 4. The maximum absolute atomic E-state index is 11.9. The van der Waals surface area contributed by atoms with Gasteiger partial charge in [0.15, 0.2) is 0 Å². The van der Waals surface area contributed by atoms with Gasteiger partial charge in [-0.05, 0) is 25.7 Å². The predicted molar refractivity (Wildman–Crippen MR) is 76.7 cm³/mol. The van der Waals surface area contributed by atoms with Crippen molar-refractivity contribution < 1.29 is 19.2 Å². The van der Waals surface area contributed by atoms with E-state index < -0.39 is 10.5 Å². The Morgan fingerprint density at radius 2 is 2.18 bits per heavy atom. The number of fused-ring (bicyclic) bond motifs is 1. The van der Waals surface area contributed by atoms with Crippen molar-refractivity contribution in [3.63, 3.8) is 0 Å². The third-order valence-corrected chi connectivity index (χ3v) is 2.98. The summed E-state index contributed by atoms with van der Waals surface area (Å²) in [6, 6.07) is 0.239. The van der Waals surface area contributed by atoms with Crippen LogP contribution in [0.15, 0.2) is 6.20 Å². The van der Waals surface area contributed by atoms with E-state index in [0.29, 0.717) is 26.2 Å². The fourth-order valence-corrected chi connectivity index (χ4v) is 2.09. The van der Waals surface area contributed by atoms with E-state index >= 15 is 0 Å². The summed E-state index contributed by atoms with van der Waals surface area (Å²) >= 11 is 0. The second-order valence-corrected chi connectivity index (χ2v) is 6.04. The lowest BCUT2D eigenvalue weighted by Crippen LogP contribution is -2.39. The van der Waals surface area contributed by atoms with E-state index in [1.807, 2.05) is 25.7 Å². The van der Waals surface area contributed by atoms with Gasteiger partial charge < -0.3 is 19.6 Å². The zero-order valence-corrected chi connectivity index (χ0v) is 12.9. The molecule has 0 aromatic carbocycles. The van der Waals surface area contributed by atoms with E-state index in [-0.39, 0.29) is 24.3 Å². The van der Waals surface area contributed by atoms with Gasteiger partial charge in [-0.2, -0.15) is 0 Å². The molecule has 9 nitrogen and oxygen atoms in total. The molecule has 0 aliphatic carbocycles. The second kappa shape index (κ2) is 6.30. The number of carbonyl (C=O) groups excluding carboxylic acids is 1.